The molecule has 310 valence electrons. The molecule has 4 aliphatic heterocycles. The fourth-order valence-electron chi connectivity index (χ4n) is 6.97. The third-order valence-electron chi connectivity index (χ3n) is 10.0. The maximum Gasteiger partial charge on any atom is 0.262 e. The Bertz CT molecular complexity index is 2040. The molecule has 0 bridgehead atoms. The Morgan fingerprint density at radius 3 is 2.19 bits per heavy atom. The Morgan fingerprint density at radius 2 is 1.48 bits per heavy atom. The second-order valence-corrected chi connectivity index (χ2v) is 14.5. The van der Waals surface area contributed by atoms with Gasteiger partial charge in [-0.2, -0.15) is 4.39 Å². The normalized spacial score (nSPS) is 18.6. The number of amides is 5. The van der Waals surface area contributed by atoms with Gasteiger partial charge in [0.25, 0.3) is 11.8 Å². The Morgan fingerprint density at radius 1 is 0.810 bits per heavy atom. The van der Waals surface area contributed by atoms with Crippen molar-refractivity contribution in [3.63, 3.8) is 0 Å². The fraction of sp³-hybridized carbons (Fsp3) is 0.474. The summed E-state index contributed by atoms with van der Waals surface area (Å²) in [4.78, 5) is 73.6. The van der Waals surface area contributed by atoms with Gasteiger partial charge in [0.1, 0.15) is 25.1 Å². The van der Waals surface area contributed by atoms with E-state index in [0.717, 1.165) is 22.2 Å². The standard InChI is InChI=1S/C38H41F3N6O10S/c39-26-2-1-23(28-22-58-38(42-28)46-9-11-53-12-10-46)34(33(26)41)57-18-17-55-14-13-54-15-16-56-21-32(49)45-7-5-44(6-8-45)30-20-25-24(19-27(30)40)36(51)47(37(25)52)29-3-4-31(48)43-35(29)50/h1-2,19-20,22,29H,3-18,21H2,(H,43,48,50). The van der Waals surface area contributed by atoms with E-state index in [9.17, 15) is 32.8 Å². The Kier molecular flexibility index (Phi) is 13.2. The minimum Gasteiger partial charge on any atom is -0.487 e. The number of halogens is 3. The zero-order valence-corrected chi connectivity index (χ0v) is 32.2. The molecule has 1 aromatic heterocycles. The van der Waals surface area contributed by atoms with Gasteiger partial charge in [-0.05, 0) is 30.7 Å². The summed E-state index contributed by atoms with van der Waals surface area (Å²) in [6, 6.07) is 3.61. The second kappa shape index (κ2) is 18.6. The van der Waals surface area contributed by atoms with Crippen LogP contribution in [0.1, 0.15) is 33.6 Å². The van der Waals surface area contributed by atoms with E-state index in [0.29, 0.717) is 37.6 Å². The number of hydrogen-bond donors (Lipinski definition) is 1. The number of rotatable bonds is 16. The smallest absolute Gasteiger partial charge is 0.262 e. The molecule has 4 aliphatic rings. The number of carbonyl (C=O) groups is 5. The molecule has 5 amide bonds. The van der Waals surface area contributed by atoms with E-state index in [1.807, 2.05) is 0 Å². The van der Waals surface area contributed by atoms with Gasteiger partial charge in [0.15, 0.2) is 16.7 Å². The number of fused-ring (bicyclic) bond motifs is 1. The van der Waals surface area contributed by atoms with Crippen molar-refractivity contribution in [1.29, 1.82) is 0 Å². The molecule has 3 fully saturated rings. The quantitative estimate of drug-likeness (QED) is 0.165. The molecule has 3 saturated heterocycles. The largest absolute Gasteiger partial charge is 0.487 e. The highest BCUT2D eigenvalue weighted by Crippen LogP contribution is 2.37. The van der Waals surface area contributed by atoms with E-state index >= 15 is 4.39 Å². The molecular formula is C38H41F3N6O10S. The van der Waals surface area contributed by atoms with Gasteiger partial charge in [0.05, 0.1) is 68.8 Å². The number of imide groups is 2. The summed E-state index contributed by atoms with van der Waals surface area (Å²) in [5, 5.41) is 4.67. The van der Waals surface area contributed by atoms with Crippen molar-refractivity contribution in [3.8, 4) is 17.0 Å². The third kappa shape index (κ3) is 9.10. The lowest BCUT2D eigenvalue weighted by molar-refractivity contribution is -0.137. The Hall–Kier alpha value is -5.15. The Labute approximate surface area is 334 Å². The monoisotopic (exact) mass is 830 g/mol. The number of piperazine rings is 1. The first kappa shape index (κ1) is 41.0. The summed E-state index contributed by atoms with van der Waals surface area (Å²) >= 11 is 1.41. The predicted octanol–water partition coefficient (Wildman–Crippen LogP) is 2.24. The van der Waals surface area contributed by atoms with Crippen LogP contribution in [0.2, 0.25) is 0 Å². The van der Waals surface area contributed by atoms with Gasteiger partial charge < -0.3 is 38.4 Å². The van der Waals surface area contributed by atoms with Crippen molar-refractivity contribution in [2.75, 3.05) is 109 Å². The van der Waals surface area contributed by atoms with E-state index in [1.165, 1.54) is 23.5 Å². The van der Waals surface area contributed by atoms with E-state index < -0.39 is 47.1 Å². The molecule has 1 unspecified atom stereocenters. The van der Waals surface area contributed by atoms with Crippen LogP contribution in [0.25, 0.3) is 11.3 Å². The third-order valence-corrected chi connectivity index (χ3v) is 10.9. The molecule has 0 aliphatic carbocycles. The lowest BCUT2D eigenvalue weighted by Gasteiger charge is -2.36. The summed E-state index contributed by atoms with van der Waals surface area (Å²) in [7, 11) is 0. The number of carbonyl (C=O) groups excluding carboxylic acids is 5. The average molecular weight is 831 g/mol. The number of ether oxygens (including phenoxy) is 5. The molecule has 3 aromatic rings. The minimum absolute atomic E-state index is 0.00999. The van der Waals surface area contributed by atoms with Gasteiger partial charge in [0.2, 0.25) is 23.5 Å². The number of hydrogen-bond acceptors (Lipinski definition) is 14. The topological polar surface area (TPSA) is 169 Å². The molecule has 0 saturated carbocycles. The highest BCUT2D eigenvalue weighted by Gasteiger charge is 2.45. The molecule has 0 spiro atoms. The lowest BCUT2D eigenvalue weighted by Crippen LogP contribution is -2.54. The molecule has 20 heteroatoms. The maximum atomic E-state index is 15.3. The van der Waals surface area contributed by atoms with Crippen molar-refractivity contribution in [3.05, 3.63) is 58.2 Å². The van der Waals surface area contributed by atoms with Crippen LogP contribution in [0.4, 0.5) is 24.0 Å². The number of nitrogens with zero attached hydrogens (tertiary/aromatic N) is 5. The van der Waals surface area contributed by atoms with Crippen LogP contribution in [0.5, 0.6) is 5.75 Å². The number of aromatic nitrogens is 1. The lowest BCUT2D eigenvalue weighted by atomic mass is 10.0. The van der Waals surface area contributed by atoms with Gasteiger partial charge >= 0.3 is 0 Å². The van der Waals surface area contributed by atoms with Gasteiger partial charge in [-0.25, -0.2) is 13.8 Å². The summed E-state index contributed by atoms with van der Waals surface area (Å²) < 4.78 is 71.6. The van der Waals surface area contributed by atoms with Crippen LogP contribution in [0, 0.1) is 17.5 Å². The van der Waals surface area contributed by atoms with Gasteiger partial charge in [0, 0.05) is 56.6 Å². The van der Waals surface area contributed by atoms with Crippen LogP contribution >= 0.6 is 11.3 Å². The highest BCUT2D eigenvalue weighted by molar-refractivity contribution is 7.14. The first-order chi connectivity index (χ1) is 28.1. The van der Waals surface area contributed by atoms with Crippen molar-refractivity contribution in [1.82, 2.24) is 20.1 Å². The zero-order valence-electron chi connectivity index (χ0n) is 31.3. The van der Waals surface area contributed by atoms with E-state index in [2.05, 4.69) is 15.2 Å². The van der Waals surface area contributed by atoms with Gasteiger partial charge in [-0.1, -0.05) is 0 Å². The maximum absolute atomic E-state index is 15.3. The van der Waals surface area contributed by atoms with Crippen LogP contribution < -0.4 is 19.9 Å². The first-order valence-electron chi connectivity index (χ1n) is 18.8. The number of anilines is 2. The molecule has 16 nitrogen and oxygen atoms in total. The minimum atomic E-state index is -1.16. The van der Waals surface area contributed by atoms with Crippen LogP contribution in [-0.4, -0.2) is 149 Å². The number of piperidine rings is 1. The number of thiazole rings is 1. The number of morpholine rings is 1. The van der Waals surface area contributed by atoms with Crippen molar-refractivity contribution < 1.29 is 60.8 Å². The SMILES string of the molecule is O=C1CCC(N2C(=O)c3cc(F)c(N4CCN(C(=O)COCCOCCOCCOc5c(-c6csc(N7CCOCC7)n6)ccc(F)c5F)CC4)cc3C2=O)C(=O)N1. The molecule has 1 atom stereocenters. The van der Waals surface area contributed by atoms with E-state index in [4.69, 9.17) is 23.7 Å². The molecule has 0 radical (unpaired) electrons. The van der Waals surface area contributed by atoms with E-state index in [1.54, 1.807) is 15.2 Å². The number of benzene rings is 2. The zero-order chi connectivity index (χ0) is 40.8. The highest BCUT2D eigenvalue weighted by atomic mass is 32.1. The summed E-state index contributed by atoms with van der Waals surface area (Å²) in [5.41, 5.74) is 0.738. The average Bonchev–Trinajstić information content (AvgIpc) is 3.81. The van der Waals surface area contributed by atoms with Crippen LogP contribution in [0.15, 0.2) is 29.6 Å². The molecule has 7 rings (SSSR count). The van der Waals surface area contributed by atoms with E-state index in [-0.39, 0.29) is 114 Å². The molecule has 5 heterocycles. The summed E-state index contributed by atoms with van der Waals surface area (Å²) in [6.45, 7) is 4.24. The predicted molar refractivity (Wildman–Crippen MR) is 200 cm³/mol. The second-order valence-electron chi connectivity index (χ2n) is 13.6. The van der Waals surface area contributed by atoms with Crippen molar-refractivity contribution in [2.45, 2.75) is 18.9 Å². The summed E-state index contributed by atoms with van der Waals surface area (Å²) in [6.07, 6.45) is -0.0381. The van der Waals surface area contributed by atoms with Crippen LogP contribution in [0.3, 0.4) is 0 Å². The van der Waals surface area contributed by atoms with Crippen LogP contribution in [-0.2, 0) is 33.3 Å². The van der Waals surface area contributed by atoms with Crippen molar-refractivity contribution in [2.24, 2.45) is 0 Å². The molecular weight excluding hydrogens is 790 g/mol. The Balaban J connectivity index is 0.771. The molecule has 58 heavy (non-hydrogen) atoms. The van der Waals surface area contributed by atoms with Crippen molar-refractivity contribution >= 4 is 51.7 Å². The summed E-state index contributed by atoms with van der Waals surface area (Å²) in [5.74, 6) is -6.12. The fourth-order valence-corrected chi connectivity index (χ4v) is 7.85. The molecule has 2 aromatic carbocycles. The molecule has 1 N–H and O–H groups in total. The first-order valence-corrected chi connectivity index (χ1v) is 19.7. The van der Waals surface area contributed by atoms with Gasteiger partial charge in [-0.3, -0.25) is 34.2 Å². The number of nitrogens with one attached hydrogen (secondary N) is 1. The van der Waals surface area contributed by atoms with Gasteiger partial charge in [-0.15, -0.1) is 11.3 Å².